The van der Waals surface area contributed by atoms with Crippen molar-refractivity contribution in [3.63, 3.8) is 0 Å². The van der Waals surface area contributed by atoms with E-state index in [1.165, 1.54) is 17.5 Å². The minimum absolute atomic E-state index is 0.00750. The first kappa shape index (κ1) is 16.5. The average Bonchev–Trinajstić information content (AvgIpc) is 3.24. The fraction of sp³-hybridized carbons (Fsp3) is 0.524. The summed E-state index contributed by atoms with van der Waals surface area (Å²) in [4.78, 5) is 18.0. The topological polar surface area (TPSA) is 54.0 Å². The van der Waals surface area contributed by atoms with Gasteiger partial charge in [-0.15, -0.1) is 11.3 Å². The Hall–Kier alpha value is -1.72. The highest BCUT2D eigenvalue weighted by Crippen LogP contribution is 2.39. The van der Waals surface area contributed by atoms with Gasteiger partial charge in [-0.25, -0.2) is 4.98 Å². The summed E-state index contributed by atoms with van der Waals surface area (Å²) in [5.74, 6) is 0.439. The summed E-state index contributed by atoms with van der Waals surface area (Å²) in [7, 11) is 0. The fourth-order valence-corrected chi connectivity index (χ4v) is 6.05. The van der Waals surface area contributed by atoms with Gasteiger partial charge in [0.25, 0.3) is 0 Å². The Labute approximate surface area is 158 Å². The van der Waals surface area contributed by atoms with Crippen LogP contribution in [0.1, 0.15) is 49.5 Å². The van der Waals surface area contributed by atoms with Gasteiger partial charge < -0.3 is 10.6 Å². The van der Waals surface area contributed by atoms with Crippen molar-refractivity contribution in [1.29, 1.82) is 0 Å². The van der Waals surface area contributed by atoms with E-state index >= 15 is 0 Å². The second-order valence-electron chi connectivity index (χ2n) is 7.99. The number of aromatic nitrogens is 1. The minimum atomic E-state index is 0.00750. The molecule has 4 unspecified atom stereocenters. The number of piperidine rings is 1. The number of benzene rings is 1. The highest BCUT2D eigenvalue weighted by atomic mass is 32.1. The average molecular weight is 368 g/mol. The van der Waals surface area contributed by atoms with Crippen molar-refractivity contribution in [2.45, 2.75) is 62.6 Å². The Balaban J connectivity index is 1.34. The second kappa shape index (κ2) is 6.78. The van der Waals surface area contributed by atoms with Gasteiger partial charge in [0, 0.05) is 24.0 Å². The number of fused-ring (bicyclic) bond motifs is 3. The Kier molecular flexibility index (Phi) is 4.29. The maximum absolute atomic E-state index is 13.1. The molecule has 0 spiro atoms. The smallest absolute Gasteiger partial charge is 0.224 e. The van der Waals surface area contributed by atoms with Gasteiger partial charge in [0.2, 0.25) is 5.91 Å². The number of thiazole rings is 1. The Morgan fingerprint density at radius 2 is 1.88 bits per heavy atom. The van der Waals surface area contributed by atoms with Crippen molar-refractivity contribution in [1.82, 2.24) is 15.6 Å². The summed E-state index contributed by atoms with van der Waals surface area (Å²) in [6.45, 7) is 0. The van der Waals surface area contributed by atoms with Crippen molar-refractivity contribution >= 4 is 27.5 Å². The van der Waals surface area contributed by atoms with Crippen molar-refractivity contribution < 1.29 is 4.79 Å². The summed E-state index contributed by atoms with van der Waals surface area (Å²) in [5, 5.41) is 8.15. The largest absolute Gasteiger partial charge is 0.353 e. The van der Waals surface area contributed by atoms with Gasteiger partial charge in [0.15, 0.2) is 0 Å². The van der Waals surface area contributed by atoms with Crippen LogP contribution in [0.3, 0.4) is 0 Å². The lowest BCUT2D eigenvalue weighted by Gasteiger charge is -2.32. The molecule has 2 fully saturated rings. The zero-order valence-corrected chi connectivity index (χ0v) is 15.7. The van der Waals surface area contributed by atoms with Crippen LogP contribution in [0.25, 0.3) is 10.2 Å². The van der Waals surface area contributed by atoms with Crippen LogP contribution < -0.4 is 10.6 Å². The molecule has 2 N–H and O–H groups in total. The Bertz CT molecular complexity index is 800. The number of carbonyl (C=O) groups excluding carboxylic acids is 1. The number of hydrogen-bond acceptors (Lipinski definition) is 4. The van der Waals surface area contributed by atoms with E-state index < -0.39 is 0 Å². The number of para-hydroxylation sites is 1. The Morgan fingerprint density at radius 1 is 1.12 bits per heavy atom. The number of nitrogens with zero attached hydrogens (tertiary/aromatic N) is 1. The van der Waals surface area contributed by atoms with Crippen molar-refractivity contribution in [2.24, 2.45) is 5.92 Å². The quantitative estimate of drug-likeness (QED) is 0.813. The standard InChI is InChI=1S/C21H25N3OS/c25-20(23-15-11-13-9-10-14(12-15)22-13)16-5-1-2-6-17(16)21-24-18-7-3-4-8-19(18)26-21/h1-4,7-8,13-17,22H,5-6,9-12H2,(H,23,25). The highest BCUT2D eigenvalue weighted by Gasteiger charge is 2.37. The van der Waals surface area contributed by atoms with E-state index in [0.717, 1.165) is 36.2 Å². The first-order chi connectivity index (χ1) is 12.8. The zero-order valence-electron chi connectivity index (χ0n) is 14.9. The van der Waals surface area contributed by atoms with Gasteiger partial charge in [-0.3, -0.25) is 4.79 Å². The van der Waals surface area contributed by atoms with Gasteiger partial charge in [0.1, 0.15) is 0 Å². The van der Waals surface area contributed by atoms with E-state index in [1.807, 2.05) is 6.07 Å². The van der Waals surface area contributed by atoms with Gasteiger partial charge in [-0.05, 0) is 50.7 Å². The predicted octanol–water partition coefficient (Wildman–Crippen LogP) is 3.75. The predicted molar refractivity (Wildman–Crippen MR) is 105 cm³/mol. The van der Waals surface area contributed by atoms with Crippen LogP contribution in [0.4, 0.5) is 0 Å². The lowest BCUT2D eigenvalue weighted by molar-refractivity contribution is -0.126. The molecular formula is C21H25N3OS. The van der Waals surface area contributed by atoms with E-state index in [0.29, 0.717) is 18.1 Å². The number of hydrogen-bond donors (Lipinski definition) is 2. The van der Waals surface area contributed by atoms with E-state index in [9.17, 15) is 4.79 Å². The van der Waals surface area contributed by atoms with Crippen LogP contribution in [-0.2, 0) is 4.79 Å². The number of amides is 1. The third-order valence-corrected chi connectivity index (χ3v) is 7.38. The van der Waals surface area contributed by atoms with Crippen LogP contribution in [0.2, 0.25) is 0 Å². The summed E-state index contributed by atoms with van der Waals surface area (Å²) >= 11 is 1.75. The van der Waals surface area contributed by atoms with Crippen molar-refractivity contribution in [3.05, 3.63) is 41.4 Å². The molecule has 1 aromatic carbocycles. The molecule has 4 atom stereocenters. The normalized spacial score (nSPS) is 33.5. The highest BCUT2D eigenvalue weighted by molar-refractivity contribution is 7.18. The molecule has 5 rings (SSSR count). The van der Waals surface area contributed by atoms with E-state index in [2.05, 4.69) is 41.0 Å². The molecule has 3 heterocycles. The van der Waals surface area contributed by atoms with E-state index in [1.54, 1.807) is 11.3 Å². The molecule has 0 saturated carbocycles. The van der Waals surface area contributed by atoms with E-state index in [-0.39, 0.29) is 17.7 Å². The maximum atomic E-state index is 13.1. The number of rotatable bonds is 3. The Morgan fingerprint density at radius 3 is 2.69 bits per heavy atom. The number of nitrogens with one attached hydrogen (secondary N) is 2. The summed E-state index contributed by atoms with van der Waals surface area (Å²) < 4.78 is 1.21. The zero-order chi connectivity index (χ0) is 17.5. The van der Waals surface area contributed by atoms with E-state index in [4.69, 9.17) is 4.98 Å². The third-order valence-electron chi connectivity index (χ3n) is 6.22. The molecule has 3 aliphatic rings. The second-order valence-corrected chi connectivity index (χ2v) is 9.05. The summed E-state index contributed by atoms with van der Waals surface area (Å²) in [5.41, 5.74) is 1.05. The molecule has 136 valence electrons. The van der Waals surface area contributed by atoms with Gasteiger partial charge in [-0.1, -0.05) is 24.3 Å². The van der Waals surface area contributed by atoms with Crippen LogP contribution in [0, 0.1) is 5.92 Å². The molecule has 5 heteroatoms. The molecule has 1 amide bonds. The van der Waals surface area contributed by atoms with Crippen molar-refractivity contribution in [3.8, 4) is 0 Å². The molecule has 2 aliphatic heterocycles. The lowest BCUT2D eigenvalue weighted by Crippen LogP contribution is -2.50. The molecular weight excluding hydrogens is 342 g/mol. The van der Waals surface area contributed by atoms with Gasteiger partial charge >= 0.3 is 0 Å². The fourth-order valence-electron chi connectivity index (χ4n) is 4.91. The molecule has 4 nitrogen and oxygen atoms in total. The van der Waals surface area contributed by atoms with Gasteiger partial charge in [0.05, 0.1) is 21.1 Å². The first-order valence-electron chi connectivity index (χ1n) is 9.83. The van der Waals surface area contributed by atoms with Crippen LogP contribution in [-0.4, -0.2) is 29.0 Å². The lowest BCUT2D eigenvalue weighted by atomic mass is 9.82. The minimum Gasteiger partial charge on any atom is -0.353 e. The first-order valence-corrected chi connectivity index (χ1v) is 10.6. The molecule has 1 aliphatic carbocycles. The molecule has 2 bridgehead atoms. The molecule has 0 radical (unpaired) electrons. The SMILES string of the molecule is O=C(NC1CC2CCC(C1)N2)C1CC=CCC1c1nc2ccccc2s1. The summed E-state index contributed by atoms with van der Waals surface area (Å²) in [6.07, 6.45) is 10.8. The number of allylic oxidation sites excluding steroid dienone is 2. The molecule has 2 saturated heterocycles. The van der Waals surface area contributed by atoms with Crippen molar-refractivity contribution in [2.75, 3.05) is 0 Å². The third kappa shape index (κ3) is 3.08. The van der Waals surface area contributed by atoms with Crippen LogP contribution in [0.5, 0.6) is 0 Å². The molecule has 1 aromatic heterocycles. The number of carbonyl (C=O) groups is 1. The summed E-state index contributed by atoms with van der Waals surface area (Å²) in [6, 6.07) is 9.81. The van der Waals surface area contributed by atoms with Gasteiger partial charge in [-0.2, -0.15) is 0 Å². The monoisotopic (exact) mass is 367 g/mol. The van der Waals surface area contributed by atoms with Crippen LogP contribution in [0.15, 0.2) is 36.4 Å². The maximum Gasteiger partial charge on any atom is 0.224 e. The van der Waals surface area contributed by atoms with Crippen LogP contribution >= 0.6 is 11.3 Å². The molecule has 26 heavy (non-hydrogen) atoms. The molecule has 2 aromatic rings.